The number of aliphatic hydroxyl groups is 1. The van der Waals surface area contributed by atoms with Crippen molar-refractivity contribution >= 4 is 10.0 Å². The van der Waals surface area contributed by atoms with Crippen molar-refractivity contribution in [3.8, 4) is 5.75 Å². The topological polar surface area (TPSA) is 75.6 Å². The predicted octanol–water partition coefficient (Wildman–Crippen LogP) is 1.77. The van der Waals surface area contributed by atoms with E-state index in [0.717, 1.165) is 23.8 Å². The molecule has 3 rings (SSSR count). The van der Waals surface area contributed by atoms with E-state index in [1.807, 2.05) is 0 Å². The van der Waals surface area contributed by atoms with Gasteiger partial charge in [-0.2, -0.15) is 0 Å². The van der Waals surface area contributed by atoms with Gasteiger partial charge in [0.15, 0.2) is 0 Å². The van der Waals surface area contributed by atoms with Gasteiger partial charge in [-0.05, 0) is 35.4 Å². The lowest BCUT2D eigenvalue weighted by Crippen LogP contribution is -2.29. The quantitative estimate of drug-likeness (QED) is 0.872. The first kappa shape index (κ1) is 15.9. The van der Waals surface area contributed by atoms with Crippen LogP contribution in [0.25, 0.3) is 0 Å². The molecule has 2 N–H and O–H groups in total. The van der Waals surface area contributed by atoms with Gasteiger partial charge in [0.05, 0.1) is 12.7 Å². The van der Waals surface area contributed by atoms with Gasteiger partial charge in [0, 0.05) is 13.0 Å². The Labute approximate surface area is 133 Å². The van der Waals surface area contributed by atoms with E-state index in [1.165, 1.54) is 18.2 Å². The minimum Gasteiger partial charge on any atom is -0.493 e. The first-order valence-corrected chi connectivity index (χ1v) is 8.63. The Morgan fingerprint density at radius 2 is 2.04 bits per heavy atom. The molecular formula is C16H16FNO4S. The normalized spacial score (nSPS) is 15.0. The van der Waals surface area contributed by atoms with Crippen LogP contribution in [-0.4, -0.2) is 26.7 Å². The number of halogens is 1. The van der Waals surface area contributed by atoms with Gasteiger partial charge in [0.2, 0.25) is 10.0 Å². The molecule has 5 nitrogen and oxygen atoms in total. The van der Waals surface area contributed by atoms with Crippen LogP contribution in [0.1, 0.15) is 17.2 Å². The molecule has 7 heteroatoms. The number of hydrogen-bond donors (Lipinski definition) is 2. The smallest absolute Gasteiger partial charge is 0.243 e. The second-order valence-corrected chi connectivity index (χ2v) is 7.00. The van der Waals surface area contributed by atoms with E-state index in [-0.39, 0.29) is 6.54 Å². The van der Waals surface area contributed by atoms with Crippen molar-refractivity contribution in [2.75, 3.05) is 13.2 Å². The second-order valence-electron chi connectivity index (χ2n) is 5.26. The zero-order valence-electron chi connectivity index (χ0n) is 12.2. The van der Waals surface area contributed by atoms with Gasteiger partial charge in [-0.1, -0.05) is 18.2 Å². The lowest BCUT2D eigenvalue weighted by molar-refractivity contribution is 0.182. The summed E-state index contributed by atoms with van der Waals surface area (Å²) in [4.78, 5) is -0.436. The first-order chi connectivity index (χ1) is 11.0. The van der Waals surface area contributed by atoms with Gasteiger partial charge in [-0.15, -0.1) is 0 Å². The highest BCUT2D eigenvalue weighted by Gasteiger charge is 2.21. The number of fused-ring (bicyclic) bond motifs is 1. The maximum atomic E-state index is 13.6. The van der Waals surface area contributed by atoms with Gasteiger partial charge in [0.1, 0.15) is 16.5 Å². The van der Waals surface area contributed by atoms with Crippen molar-refractivity contribution in [1.82, 2.24) is 4.72 Å². The summed E-state index contributed by atoms with van der Waals surface area (Å²) in [7, 11) is -4.02. The Hall–Kier alpha value is -1.96. The van der Waals surface area contributed by atoms with Crippen molar-refractivity contribution in [2.24, 2.45) is 0 Å². The molecular weight excluding hydrogens is 321 g/mol. The van der Waals surface area contributed by atoms with Gasteiger partial charge in [0.25, 0.3) is 0 Å². The highest BCUT2D eigenvalue weighted by Crippen LogP contribution is 2.28. The van der Waals surface area contributed by atoms with E-state index >= 15 is 0 Å². The number of sulfonamides is 1. The molecule has 0 amide bonds. The number of aliphatic hydroxyl groups excluding tert-OH is 1. The largest absolute Gasteiger partial charge is 0.493 e. The highest BCUT2D eigenvalue weighted by atomic mass is 32.2. The summed E-state index contributed by atoms with van der Waals surface area (Å²) in [6.45, 7) is 0.366. The van der Waals surface area contributed by atoms with Crippen molar-refractivity contribution < 1.29 is 22.7 Å². The lowest BCUT2D eigenvalue weighted by Gasteiger charge is -2.14. The summed E-state index contributed by atoms with van der Waals surface area (Å²) in [5.74, 6) is -0.0444. The summed E-state index contributed by atoms with van der Waals surface area (Å²) >= 11 is 0. The van der Waals surface area contributed by atoms with E-state index in [0.29, 0.717) is 12.2 Å². The highest BCUT2D eigenvalue weighted by molar-refractivity contribution is 7.89. The van der Waals surface area contributed by atoms with Gasteiger partial charge in [-0.3, -0.25) is 0 Å². The van der Waals surface area contributed by atoms with Crippen LogP contribution in [0.3, 0.4) is 0 Å². The molecule has 2 aromatic carbocycles. The fourth-order valence-electron chi connectivity index (χ4n) is 2.46. The number of nitrogens with one attached hydrogen (secondary N) is 1. The van der Waals surface area contributed by atoms with Crippen LogP contribution in [0.2, 0.25) is 0 Å². The van der Waals surface area contributed by atoms with Gasteiger partial charge in [-0.25, -0.2) is 17.5 Å². The van der Waals surface area contributed by atoms with Crippen LogP contribution in [0, 0.1) is 5.82 Å². The van der Waals surface area contributed by atoms with E-state index in [4.69, 9.17) is 4.74 Å². The van der Waals surface area contributed by atoms with Gasteiger partial charge >= 0.3 is 0 Å². The fraction of sp³-hybridized carbons (Fsp3) is 0.250. The molecule has 0 aromatic heterocycles. The molecule has 1 aliphatic rings. The molecule has 0 unspecified atom stereocenters. The summed E-state index contributed by atoms with van der Waals surface area (Å²) < 4.78 is 45.4. The Balaban J connectivity index is 1.71. The third-order valence-electron chi connectivity index (χ3n) is 3.69. The van der Waals surface area contributed by atoms with E-state index in [2.05, 4.69) is 4.72 Å². The van der Waals surface area contributed by atoms with E-state index in [1.54, 1.807) is 18.2 Å². The molecule has 1 heterocycles. The van der Waals surface area contributed by atoms with Crippen LogP contribution in [0.5, 0.6) is 5.75 Å². The van der Waals surface area contributed by atoms with Crippen molar-refractivity contribution in [3.05, 3.63) is 59.4 Å². The van der Waals surface area contributed by atoms with Gasteiger partial charge < -0.3 is 9.84 Å². The van der Waals surface area contributed by atoms with Crippen LogP contribution in [0.4, 0.5) is 4.39 Å². The summed E-state index contributed by atoms with van der Waals surface area (Å²) in [5, 5.41) is 10.2. The van der Waals surface area contributed by atoms with E-state index < -0.39 is 26.8 Å². The number of ether oxygens (including phenoxy) is 1. The lowest BCUT2D eigenvalue weighted by atomic mass is 10.0. The third-order valence-corrected chi connectivity index (χ3v) is 5.15. The predicted molar refractivity (Wildman–Crippen MR) is 82.2 cm³/mol. The minimum atomic E-state index is -4.02. The Kier molecular flexibility index (Phi) is 4.34. The molecule has 2 aromatic rings. The maximum Gasteiger partial charge on any atom is 0.243 e. The molecule has 0 spiro atoms. The van der Waals surface area contributed by atoms with Crippen LogP contribution < -0.4 is 9.46 Å². The average Bonchev–Trinajstić information content (AvgIpc) is 3.00. The molecule has 1 atom stereocenters. The van der Waals surface area contributed by atoms with Crippen molar-refractivity contribution in [1.29, 1.82) is 0 Å². The maximum absolute atomic E-state index is 13.6. The molecule has 23 heavy (non-hydrogen) atoms. The monoisotopic (exact) mass is 337 g/mol. The third kappa shape index (κ3) is 3.36. The average molecular weight is 337 g/mol. The van der Waals surface area contributed by atoms with E-state index in [9.17, 15) is 17.9 Å². The van der Waals surface area contributed by atoms with Crippen LogP contribution in [0.15, 0.2) is 47.4 Å². The molecule has 0 aliphatic carbocycles. The molecule has 122 valence electrons. The van der Waals surface area contributed by atoms with Crippen LogP contribution in [-0.2, 0) is 16.4 Å². The molecule has 0 radical (unpaired) electrons. The zero-order chi connectivity index (χ0) is 16.4. The molecule has 0 saturated carbocycles. The Morgan fingerprint density at radius 3 is 2.83 bits per heavy atom. The number of benzene rings is 2. The zero-order valence-corrected chi connectivity index (χ0v) is 13.0. The molecule has 1 aliphatic heterocycles. The fourth-order valence-corrected chi connectivity index (χ4v) is 3.58. The minimum absolute atomic E-state index is 0.240. The van der Waals surface area contributed by atoms with Crippen LogP contribution >= 0.6 is 0 Å². The first-order valence-electron chi connectivity index (χ1n) is 7.15. The summed E-state index contributed by atoms with van der Waals surface area (Å²) in [5.41, 5.74) is 1.57. The number of hydrogen-bond acceptors (Lipinski definition) is 4. The number of rotatable bonds is 5. The summed E-state index contributed by atoms with van der Waals surface area (Å²) in [6.07, 6.45) is -0.265. The Bertz CT molecular complexity index is 823. The standard InChI is InChI=1S/C16H16FNO4S/c17-13-3-1-2-4-16(13)23(20,21)18-10-14(19)11-5-6-15-12(9-11)7-8-22-15/h1-6,9,14,18-19H,7-8,10H2/t14-/m0/s1. The molecule has 0 saturated heterocycles. The van der Waals surface area contributed by atoms with Crippen molar-refractivity contribution in [3.63, 3.8) is 0 Å². The SMILES string of the molecule is O=S(=O)(NC[C@H](O)c1ccc2c(c1)CCO2)c1ccccc1F. The molecule has 0 bridgehead atoms. The molecule has 0 fully saturated rings. The van der Waals surface area contributed by atoms with Crippen molar-refractivity contribution in [2.45, 2.75) is 17.4 Å². The second kappa shape index (κ2) is 6.27. The Morgan fingerprint density at radius 1 is 1.26 bits per heavy atom. The summed E-state index contributed by atoms with van der Waals surface area (Å²) in [6, 6.07) is 10.3.